The molecule has 3 heterocycles. The van der Waals surface area contributed by atoms with Gasteiger partial charge < -0.3 is 5.32 Å². The van der Waals surface area contributed by atoms with Gasteiger partial charge in [0.05, 0.1) is 10.5 Å². The zero-order chi connectivity index (χ0) is 23.8. The number of thioether (sulfide) groups is 1. The van der Waals surface area contributed by atoms with Crippen molar-refractivity contribution >= 4 is 51.7 Å². The van der Waals surface area contributed by atoms with E-state index >= 15 is 0 Å². The highest BCUT2D eigenvalue weighted by Gasteiger charge is 2.32. The van der Waals surface area contributed by atoms with Crippen LogP contribution in [-0.4, -0.2) is 37.6 Å². The lowest BCUT2D eigenvalue weighted by Gasteiger charge is -2.14. The van der Waals surface area contributed by atoms with E-state index in [0.717, 1.165) is 44.2 Å². The van der Waals surface area contributed by atoms with Gasteiger partial charge in [-0.25, -0.2) is 4.98 Å². The normalized spacial score (nSPS) is 15.2. The third kappa shape index (κ3) is 6.44. The molecular formula is C25H34N4O2S2. The Morgan fingerprint density at radius 3 is 2.55 bits per heavy atom. The molecule has 0 radical (unpaired) electrons. The van der Waals surface area contributed by atoms with E-state index in [1.54, 1.807) is 21.6 Å². The first-order valence-electron chi connectivity index (χ1n) is 12.0. The smallest absolute Gasteiger partial charge is 0.267 e. The highest BCUT2D eigenvalue weighted by molar-refractivity contribution is 8.26. The van der Waals surface area contributed by atoms with Gasteiger partial charge in [0.1, 0.15) is 15.8 Å². The maximum absolute atomic E-state index is 13.4. The van der Waals surface area contributed by atoms with Crippen LogP contribution in [0.1, 0.15) is 76.3 Å². The van der Waals surface area contributed by atoms with Crippen LogP contribution in [0.4, 0.5) is 5.82 Å². The Bertz CT molecular complexity index is 1090. The van der Waals surface area contributed by atoms with Gasteiger partial charge in [-0.15, -0.1) is 0 Å². The van der Waals surface area contributed by atoms with E-state index < -0.39 is 0 Å². The summed E-state index contributed by atoms with van der Waals surface area (Å²) < 4.78 is 2.11. The lowest BCUT2D eigenvalue weighted by atomic mass is 10.1. The first-order chi connectivity index (χ1) is 16.0. The number of fused-ring (bicyclic) bond motifs is 1. The summed E-state index contributed by atoms with van der Waals surface area (Å²) in [6.45, 7) is 7.63. The number of pyridine rings is 1. The minimum Gasteiger partial charge on any atom is -0.369 e. The molecule has 1 aliphatic rings. The molecule has 8 heteroatoms. The van der Waals surface area contributed by atoms with Gasteiger partial charge >= 0.3 is 0 Å². The lowest BCUT2D eigenvalue weighted by molar-refractivity contribution is -0.122. The number of hydrogen-bond acceptors (Lipinski definition) is 6. The molecule has 0 unspecified atom stereocenters. The number of aromatic nitrogens is 2. The lowest BCUT2D eigenvalue weighted by Crippen LogP contribution is -2.29. The maximum Gasteiger partial charge on any atom is 0.267 e. The number of unbranched alkanes of at least 4 members (excludes halogenated alkanes) is 6. The van der Waals surface area contributed by atoms with Gasteiger partial charge in [0.2, 0.25) is 0 Å². The number of nitrogens with zero attached hydrogens (tertiary/aromatic N) is 3. The van der Waals surface area contributed by atoms with Gasteiger partial charge in [-0.2, -0.15) is 0 Å². The number of nitrogens with one attached hydrogen (secondary N) is 1. The van der Waals surface area contributed by atoms with Crippen molar-refractivity contribution in [1.82, 2.24) is 14.3 Å². The Morgan fingerprint density at radius 1 is 1.06 bits per heavy atom. The average molecular weight is 487 g/mol. The fourth-order valence-corrected chi connectivity index (χ4v) is 5.09. The largest absolute Gasteiger partial charge is 0.369 e. The van der Waals surface area contributed by atoms with Gasteiger partial charge in [-0.3, -0.25) is 18.9 Å². The SMILES string of the molecule is CCCCCCCN1C(=O)/C(=C\c2c(NCCCCC)nc3ccc(C)cn3c2=O)SC1=S. The fourth-order valence-electron chi connectivity index (χ4n) is 3.80. The number of rotatable bonds is 12. The molecule has 1 amide bonds. The number of anilines is 1. The van der Waals surface area contributed by atoms with Crippen LogP contribution < -0.4 is 10.9 Å². The van der Waals surface area contributed by atoms with Crippen LogP contribution >= 0.6 is 24.0 Å². The van der Waals surface area contributed by atoms with E-state index in [2.05, 4.69) is 19.2 Å². The Labute approximate surface area is 205 Å². The summed E-state index contributed by atoms with van der Waals surface area (Å²) >= 11 is 6.75. The van der Waals surface area contributed by atoms with E-state index in [1.807, 2.05) is 19.1 Å². The summed E-state index contributed by atoms with van der Waals surface area (Å²) in [5, 5.41) is 3.32. The van der Waals surface area contributed by atoms with E-state index in [9.17, 15) is 9.59 Å². The summed E-state index contributed by atoms with van der Waals surface area (Å²) in [4.78, 5) is 33.3. The molecule has 3 rings (SSSR count). The van der Waals surface area contributed by atoms with Crippen molar-refractivity contribution in [2.24, 2.45) is 0 Å². The summed E-state index contributed by atoms with van der Waals surface area (Å²) in [5.74, 6) is 0.399. The molecule has 33 heavy (non-hydrogen) atoms. The van der Waals surface area contributed by atoms with Crippen molar-refractivity contribution in [3.05, 3.63) is 44.7 Å². The van der Waals surface area contributed by atoms with Crippen LogP contribution in [-0.2, 0) is 4.79 Å². The quantitative estimate of drug-likeness (QED) is 0.233. The minimum atomic E-state index is -0.188. The molecule has 0 aromatic carbocycles. The molecule has 1 saturated heterocycles. The molecule has 2 aromatic heterocycles. The van der Waals surface area contributed by atoms with Crippen molar-refractivity contribution in [1.29, 1.82) is 0 Å². The molecule has 0 bridgehead atoms. The monoisotopic (exact) mass is 486 g/mol. The van der Waals surface area contributed by atoms with E-state index in [1.165, 1.54) is 31.0 Å². The molecule has 2 aromatic rings. The van der Waals surface area contributed by atoms with E-state index in [4.69, 9.17) is 17.2 Å². The van der Waals surface area contributed by atoms with Crippen molar-refractivity contribution in [2.75, 3.05) is 18.4 Å². The number of amides is 1. The van der Waals surface area contributed by atoms with Gasteiger partial charge in [0, 0.05) is 19.3 Å². The summed E-state index contributed by atoms with van der Waals surface area (Å²) in [6, 6.07) is 3.78. The molecule has 1 aliphatic heterocycles. The number of aryl methyl sites for hydroxylation is 1. The average Bonchev–Trinajstić information content (AvgIpc) is 3.06. The van der Waals surface area contributed by atoms with Crippen molar-refractivity contribution in [2.45, 2.75) is 72.1 Å². The molecular weight excluding hydrogens is 452 g/mol. The van der Waals surface area contributed by atoms with E-state index in [0.29, 0.717) is 32.8 Å². The zero-order valence-corrected chi connectivity index (χ0v) is 21.5. The van der Waals surface area contributed by atoms with Crippen LogP contribution in [0.15, 0.2) is 28.0 Å². The first kappa shape index (κ1) is 25.4. The molecule has 178 valence electrons. The Morgan fingerprint density at radius 2 is 1.79 bits per heavy atom. The Kier molecular flexibility index (Phi) is 9.50. The second-order valence-electron chi connectivity index (χ2n) is 8.50. The van der Waals surface area contributed by atoms with Crippen molar-refractivity contribution in [3.63, 3.8) is 0 Å². The van der Waals surface area contributed by atoms with Crippen LogP contribution in [0.3, 0.4) is 0 Å². The zero-order valence-electron chi connectivity index (χ0n) is 19.9. The van der Waals surface area contributed by atoms with Crippen molar-refractivity contribution in [3.8, 4) is 0 Å². The van der Waals surface area contributed by atoms with Gasteiger partial charge in [-0.05, 0) is 37.5 Å². The Balaban J connectivity index is 1.89. The number of hydrogen-bond donors (Lipinski definition) is 1. The first-order valence-corrected chi connectivity index (χ1v) is 13.2. The van der Waals surface area contributed by atoms with Crippen LogP contribution in [0, 0.1) is 6.92 Å². The summed E-state index contributed by atoms with van der Waals surface area (Å²) in [7, 11) is 0. The van der Waals surface area contributed by atoms with Crippen LogP contribution in [0.5, 0.6) is 0 Å². The van der Waals surface area contributed by atoms with Gasteiger partial charge in [0.15, 0.2) is 0 Å². The fraction of sp³-hybridized carbons (Fsp3) is 0.520. The topological polar surface area (TPSA) is 66.7 Å². The molecule has 6 nitrogen and oxygen atoms in total. The molecule has 0 spiro atoms. The minimum absolute atomic E-state index is 0.119. The third-order valence-corrected chi connectivity index (χ3v) is 7.09. The predicted octanol–water partition coefficient (Wildman–Crippen LogP) is 5.78. The second-order valence-corrected chi connectivity index (χ2v) is 10.2. The summed E-state index contributed by atoms with van der Waals surface area (Å²) in [6.07, 6.45) is 12.3. The third-order valence-electron chi connectivity index (χ3n) is 5.71. The Hall–Kier alpha value is -2.19. The number of thiocarbonyl (C=S) groups is 1. The van der Waals surface area contributed by atoms with Crippen LogP contribution in [0.25, 0.3) is 11.7 Å². The highest BCUT2D eigenvalue weighted by atomic mass is 32.2. The predicted molar refractivity (Wildman–Crippen MR) is 143 cm³/mol. The molecule has 0 saturated carbocycles. The van der Waals surface area contributed by atoms with Crippen LogP contribution in [0.2, 0.25) is 0 Å². The van der Waals surface area contributed by atoms with Gasteiger partial charge in [0.25, 0.3) is 11.5 Å². The molecule has 1 N–H and O–H groups in total. The number of carbonyl (C=O) groups excluding carboxylic acids is 1. The van der Waals surface area contributed by atoms with Crippen molar-refractivity contribution < 1.29 is 4.79 Å². The number of carbonyl (C=O) groups is 1. The molecule has 0 atom stereocenters. The van der Waals surface area contributed by atoms with Gasteiger partial charge in [-0.1, -0.05) is 82.4 Å². The second kappa shape index (κ2) is 12.3. The molecule has 1 fully saturated rings. The standard InChI is InChI=1S/C25H34N4O2S2/c1-4-6-8-9-11-15-28-24(31)20(33-25(28)32)16-19-22(26-14-10-7-5-2)27-21-13-12-18(3)17-29(21)23(19)30/h12-13,16-17,26H,4-11,14-15H2,1-3H3/b20-16+. The maximum atomic E-state index is 13.4. The summed E-state index contributed by atoms with van der Waals surface area (Å²) in [5.41, 5.74) is 1.76. The van der Waals surface area contributed by atoms with E-state index in [-0.39, 0.29) is 11.5 Å². The highest BCUT2D eigenvalue weighted by Crippen LogP contribution is 2.33. The molecule has 0 aliphatic carbocycles.